The zero-order valence-electron chi connectivity index (χ0n) is 9.43. The van der Waals surface area contributed by atoms with E-state index in [9.17, 15) is 0 Å². The lowest BCUT2D eigenvalue weighted by Crippen LogP contribution is -2.11. The molecule has 3 heterocycles. The van der Waals surface area contributed by atoms with Gasteiger partial charge in [0, 0.05) is 28.0 Å². The van der Waals surface area contributed by atoms with Crippen LogP contribution in [0.4, 0.5) is 0 Å². The molecule has 1 aliphatic rings. The molecule has 0 radical (unpaired) electrons. The molecule has 0 fully saturated rings. The molecule has 0 saturated heterocycles. The Bertz CT molecular complexity index is 505. The fourth-order valence-corrected chi connectivity index (χ4v) is 3.85. The fraction of sp³-hybridized carbons (Fsp3) is 0.417. The Morgan fingerprint density at radius 2 is 2.41 bits per heavy atom. The number of aliphatic hydroxyl groups is 1. The lowest BCUT2D eigenvalue weighted by Gasteiger charge is -2.13. The van der Waals surface area contributed by atoms with Crippen molar-refractivity contribution in [1.29, 1.82) is 0 Å². The number of aromatic nitrogens is 2. The predicted molar refractivity (Wildman–Crippen MR) is 72.5 cm³/mol. The van der Waals surface area contributed by atoms with E-state index >= 15 is 0 Å². The Morgan fingerprint density at radius 3 is 3.18 bits per heavy atom. The molecular weight excluding hydrogens is 252 g/mol. The molecule has 3 nitrogen and oxygen atoms in total. The maximum Gasteiger partial charge on any atom is 0.0974 e. The minimum Gasteiger partial charge on any atom is -0.394 e. The quantitative estimate of drug-likeness (QED) is 0.927. The lowest BCUT2D eigenvalue weighted by atomic mass is 10.1. The predicted octanol–water partition coefficient (Wildman–Crippen LogP) is 2.39. The smallest absolute Gasteiger partial charge is 0.0974 e. The van der Waals surface area contributed by atoms with Crippen molar-refractivity contribution in [1.82, 2.24) is 9.78 Å². The third-order valence-electron chi connectivity index (χ3n) is 3.00. The van der Waals surface area contributed by atoms with Crippen molar-refractivity contribution in [2.24, 2.45) is 0 Å². The summed E-state index contributed by atoms with van der Waals surface area (Å²) in [6.45, 7) is 0.765. The van der Waals surface area contributed by atoms with Crippen LogP contribution in [0.1, 0.15) is 11.3 Å². The van der Waals surface area contributed by atoms with Crippen LogP contribution in [0.3, 0.4) is 0 Å². The highest BCUT2D eigenvalue weighted by Gasteiger charge is 2.21. The Balaban J connectivity index is 2.09. The van der Waals surface area contributed by atoms with Crippen molar-refractivity contribution in [2.45, 2.75) is 18.7 Å². The van der Waals surface area contributed by atoms with E-state index < -0.39 is 0 Å². The highest BCUT2D eigenvalue weighted by atomic mass is 32.2. The van der Waals surface area contributed by atoms with Crippen LogP contribution in [0.15, 0.2) is 16.8 Å². The number of aliphatic hydroxyl groups excluding tert-OH is 1. The number of hydrogen-bond acceptors (Lipinski definition) is 4. The van der Waals surface area contributed by atoms with Crippen LogP contribution in [0, 0.1) is 0 Å². The van der Waals surface area contributed by atoms with E-state index in [4.69, 9.17) is 5.11 Å². The largest absolute Gasteiger partial charge is 0.394 e. The Kier molecular flexibility index (Phi) is 3.22. The monoisotopic (exact) mass is 266 g/mol. The molecule has 0 aromatic carbocycles. The van der Waals surface area contributed by atoms with E-state index in [0.29, 0.717) is 6.54 Å². The Hall–Kier alpha value is -0.780. The van der Waals surface area contributed by atoms with E-state index in [1.54, 1.807) is 11.3 Å². The second kappa shape index (κ2) is 4.84. The first-order valence-electron chi connectivity index (χ1n) is 5.70. The van der Waals surface area contributed by atoms with Crippen molar-refractivity contribution < 1.29 is 5.11 Å². The fourth-order valence-electron chi connectivity index (χ4n) is 2.22. The average Bonchev–Trinajstić information content (AvgIpc) is 2.97. The van der Waals surface area contributed by atoms with Gasteiger partial charge < -0.3 is 5.11 Å². The van der Waals surface area contributed by atoms with E-state index in [-0.39, 0.29) is 6.61 Å². The third-order valence-corrected chi connectivity index (χ3v) is 4.67. The second-order valence-electron chi connectivity index (χ2n) is 4.04. The number of nitrogens with zero attached hydrogens (tertiary/aromatic N) is 2. The number of thioether (sulfide) groups is 1. The van der Waals surface area contributed by atoms with Crippen LogP contribution in [0.5, 0.6) is 0 Å². The summed E-state index contributed by atoms with van der Waals surface area (Å²) in [5.41, 5.74) is 5.01. The molecule has 0 atom stereocenters. The van der Waals surface area contributed by atoms with Crippen molar-refractivity contribution in [2.75, 3.05) is 12.4 Å². The zero-order valence-corrected chi connectivity index (χ0v) is 11.1. The van der Waals surface area contributed by atoms with Crippen LogP contribution in [-0.4, -0.2) is 27.2 Å². The minimum atomic E-state index is 0.157. The van der Waals surface area contributed by atoms with Crippen molar-refractivity contribution in [3.05, 3.63) is 28.1 Å². The van der Waals surface area contributed by atoms with E-state index in [2.05, 4.69) is 21.9 Å². The van der Waals surface area contributed by atoms with Gasteiger partial charge in [0.2, 0.25) is 0 Å². The maximum absolute atomic E-state index is 9.10. The SMILES string of the molecule is OCCn1nc(-c2ccsc2)c2c1CCSC2. The van der Waals surface area contributed by atoms with Crippen molar-refractivity contribution in [3.8, 4) is 11.3 Å². The molecule has 0 unspecified atom stereocenters. The third kappa shape index (κ3) is 2.03. The summed E-state index contributed by atoms with van der Waals surface area (Å²) in [6.07, 6.45) is 1.07. The Labute approximate surface area is 108 Å². The first-order chi connectivity index (χ1) is 8.40. The second-order valence-corrected chi connectivity index (χ2v) is 5.92. The lowest BCUT2D eigenvalue weighted by molar-refractivity contribution is 0.267. The van der Waals surface area contributed by atoms with Gasteiger partial charge in [-0.3, -0.25) is 4.68 Å². The summed E-state index contributed by atoms with van der Waals surface area (Å²) in [5, 5.41) is 18.0. The average molecular weight is 266 g/mol. The molecule has 0 aliphatic carbocycles. The van der Waals surface area contributed by atoms with Gasteiger partial charge in [-0.2, -0.15) is 28.2 Å². The molecule has 5 heteroatoms. The molecule has 0 amide bonds. The van der Waals surface area contributed by atoms with Gasteiger partial charge in [-0.05, 0) is 23.6 Å². The van der Waals surface area contributed by atoms with Crippen molar-refractivity contribution >= 4 is 23.1 Å². The van der Waals surface area contributed by atoms with Crippen LogP contribution < -0.4 is 0 Å². The molecule has 17 heavy (non-hydrogen) atoms. The van der Waals surface area contributed by atoms with E-state index in [0.717, 1.165) is 23.6 Å². The number of rotatable bonds is 3. The molecule has 2 aromatic heterocycles. The van der Waals surface area contributed by atoms with E-state index in [1.165, 1.54) is 16.8 Å². The molecule has 1 aliphatic heterocycles. The van der Waals surface area contributed by atoms with Gasteiger partial charge in [0.1, 0.15) is 0 Å². The summed E-state index contributed by atoms with van der Waals surface area (Å²) >= 11 is 3.67. The van der Waals surface area contributed by atoms with Gasteiger partial charge in [0.15, 0.2) is 0 Å². The van der Waals surface area contributed by atoms with Gasteiger partial charge in [-0.1, -0.05) is 0 Å². The molecule has 3 rings (SSSR count). The summed E-state index contributed by atoms with van der Waals surface area (Å²) < 4.78 is 1.99. The van der Waals surface area contributed by atoms with Crippen LogP contribution in [0.25, 0.3) is 11.3 Å². The van der Waals surface area contributed by atoms with Crippen LogP contribution in [0.2, 0.25) is 0 Å². The first-order valence-corrected chi connectivity index (χ1v) is 7.79. The highest BCUT2D eigenvalue weighted by Crippen LogP contribution is 2.33. The summed E-state index contributed by atoms with van der Waals surface area (Å²) in [6, 6.07) is 2.12. The molecule has 0 bridgehead atoms. The Morgan fingerprint density at radius 1 is 1.47 bits per heavy atom. The number of hydrogen-bond donors (Lipinski definition) is 1. The first kappa shape index (κ1) is 11.3. The van der Waals surface area contributed by atoms with Gasteiger partial charge in [-0.15, -0.1) is 0 Å². The summed E-state index contributed by atoms with van der Waals surface area (Å²) in [4.78, 5) is 0. The molecule has 2 aromatic rings. The standard InChI is InChI=1S/C12H14N2OS2/c15-4-3-14-11-2-6-17-8-10(11)12(13-14)9-1-5-16-7-9/h1,5,7,15H,2-4,6,8H2. The molecule has 1 N–H and O–H groups in total. The van der Waals surface area contributed by atoms with Gasteiger partial charge in [-0.25, -0.2) is 0 Å². The van der Waals surface area contributed by atoms with Gasteiger partial charge in [0.25, 0.3) is 0 Å². The summed E-state index contributed by atoms with van der Waals surface area (Å²) in [5.74, 6) is 2.21. The van der Waals surface area contributed by atoms with Crippen molar-refractivity contribution in [3.63, 3.8) is 0 Å². The van der Waals surface area contributed by atoms with Gasteiger partial charge in [0.05, 0.1) is 18.8 Å². The molecule has 0 saturated carbocycles. The number of thiophene rings is 1. The summed E-state index contributed by atoms with van der Waals surface area (Å²) in [7, 11) is 0. The number of fused-ring (bicyclic) bond motifs is 1. The minimum absolute atomic E-state index is 0.157. The maximum atomic E-state index is 9.10. The van der Waals surface area contributed by atoms with E-state index in [1.807, 2.05) is 16.4 Å². The molecule has 0 spiro atoms. The highest BCUT2D eigenvalue weighted by molar-refractivity contribution is 7.98. The van der Waals surface area contributed by atoms with Gasteiger partial charge >= 0.3 is 0 Å². The van der Waals surface area contributed by atoms with Crippen LogP contribution >= 0.6 is 23.1 Å². The van der Waals surface area contributed by atoms with Crippen LogP contribution in [-0.2, 0) is 18.7 Å². The molecule has 90 valence electrons. The normalized spacial score (nSPS) is 14.9. The molecular formula is C12H14N2OS2. The zero-order chi connectivity index (χ0) is 11.7. The topological polar surface area (TPSA) is 38.0 Å².